The molecule has 0 spiro atoms. The molecular weight excluding hydrogens is 652 g/mol. The van der Waals surface area contributed by atoms with E-state index in [2.05, 4.69) is 13.2 Å². The molecule has 0 unspecified atom stereocenters. The summed E-state index contributed by atoms with van der Waals surface area (Å²) in [5.41, 5.74) is 4.36. The SMILES string of the molecule is C=C(C)C(=O)OCCc1ccc(C(=O)Oc2ccc(CCOC(=O)c3ccc(OC(=O)c4ccc(CCOC(=O)C(=C)C)cc4)cc3)cc2)cc1. The molecule has 10 heteroatoms. The summed E-state index contributed by atoms with van der Waals surface area (Å²) in [5, 5.41) is 0. The normalized spacial score (nSPS) is 10.4. The first-order chi connectivity index (χ1) is 24.5. The zero-order valence-corrected chi connectivity index (χ0v) is 28.5. The molecule has 51 heavy (non-hydrogen) atoms. The van der Waals surface area contributed by atoms with Gasteiger partial charge in [-0.05, 0) is 91.2 Å². The highest BCUT2D eigenvalue weighted by atomic mass is 16.5. The Morgan fingerprint density at radius 1 is 0.431 bits per heavy atom. The molecule has 262 valence electrons. The molecule has 10 nitrogen and oxygen atoms in total. The fourth-order valence-electron chi connectivity index (χ4n) is 4.44. The maximum absolute atomic E-state index is 12.6. The summed E-state index contributed by atoms with van der Waals surface area (Å²) < 4.78 is 26.5. The van der Waals surface area contributed by atoms with Crippen molar-refractivity contribution in [2.45, 2.75) is 33.1 Å². The van der Waals surface area contributed by atoms with E-state index in [0.717, 1.165) is 16.7 Å². The Labute approximate surface area is 296 Å². The second-order valence-electron chi connectivity index (χ2n) is 11.6. The van der Waals surface area contributed by atoms with Gasteiger partial charge in [-0.2, -0.15) is 0 Å². The number of benzene rings is 4. The number of hydrogen-bond acceptors (Lipinski definition) is 10. The number of ether oxygens (including phenoxy) is 5. The van der Waals surface area contributed by atoms with Crippen LogP contribution in [-0.4, -0.2) is 49.7 Å². The van der Waals surface area contributed by atoms with Crippen LogP contribution in [0.3, 0.4) is 0 Å². The van der Waals surface area contributed by atoms with Crippen LogP contribution < -0.4 is 9.47 Å². The Hall–Kier alpha value is -6.29. The molecule has 0 heterocycles. The first-order valence-electron chi connectivity index (χ1n) is 16.1. The molecule has 4 aromatic carbocycles. The van der Waals surface area contributed by atoms with Crippen molar-refractivity contribution < 1.29 is 47.7 Å². The van der Waals surface area contributed by atoms with Crippen LogP contribution in [-0.2, 0) is 43.1 Å². The summed E-state index contributed by atoms with van der Waals surface area (Å²) in [4.78, 5) is 60.7. The van der Waals surface area contributed by atoms with E-state index in [-0.39, 0.29) is 25.6 Å². The standard InChI is InChI=1S/C41H38O10/c1-27(2)37(42)47-24-21-29-5-11-33(12-6-29)40(45)50-35-17-9-31(10-18-35)23-26-49-39(44)32-15-19-36(20-16-32)51-41(46)34-13-7-30(8-14-34)22-25-48-38(43)28(3)4/h5-20H,1,3,21-26H2,2,4H3. The third kappa shape index (κ3) is 12.0. The van der Waals surface area contributed by atoms with E-state index in [9.17, 15) is 24.0 Å². The van der Waals surface area contributed by atoms with E-state index in [0.29, 0.717) is 52.8 Å². The van der Waals surface area contributed by atoms with Crippen LogP contribution in [0.15, 0.2) is 121 Å². The molecule has 0 aliphatic carbocycles. The van der Waals surface area contributed by atoms with Crippen LogP contribution >= 0.6 is 0 Å². The molecule has 0 amide bonds. The third-order valence-corrected chi connectivity index (χ3v) is 7.38. The van der Waals surface area contributed by atoms with Gasteiger partial charge in [0.05, 0.1) is 36.5 Å². The average Bonchev–Trinajstić information content (AvgIpc) is 3.13. The van der Waals surface area contributed by atoms with E-state index in [4.69, 9.17) is 23.7 Å². The Kier molecular flexibility index (Phi) is 13.6. The van der Waals surface area contributed by atoms with Gasteiger partial charge in [0, 0.05) is 30.4 Å². The largest absolute Gasteiger partial charge is 0.462 e. The summed E-state index contributed by atoms with van der Waals surface area (Å²) in [7, 11) is 0. The van der Waals surface area contributed by atoms with Crippen molar-refractivity contribution in [1.82, 2.24) is 0 Å². The lowest BCUT2D eigenvalue weighted by atomic mass is 10.1. The molecule has 0 bridgehead atoms. The topological polar surface area (TPSA) is 132 Å². The van der Waals surface area contributed by atoms with Crippen molar-refractivity contribution in [3.8, 4) is 11.5 Å². The molecule has 0 aliphatic heterocycles. The molecule has 4 aromatic rings. The maximum Gasteiger partial charge on any atom is 0.343 e. The van der Waals surface area contributed by atoms with Gasteiger partial charge in [-0.1, -0.05) is 49.6 Å². The Balaban J connectivity index is 1.16. The minimum atomic E-state index is -0.558. The fourth-order valence-corrected chi connectivity index (χ4v) is 4.44. The first-order valence-corrected chi connectivity index (χ1v) is 16.1. The van der Waals surface area contributed by atoms with Crippen LogP contribution in [0.25, 0.3) is 0 Å². The zero-order valence-electron chi connectivity index (χ0n) is 28.5. The minimum Gasteiger partial charge on any atom is -0.462 e. The summed E-state index contributed by atoms with van der Waals surface area (Å²) >= 11 is 0. The number of rotatable bonds is 16. The van der Waals surface area contributed by atoms with Crippen LogP contribution in [0.1, 0.15) is 61.6 Å². The van der Waals surface area contributed by atoms with Gasteiger partial charge >= 0.3 is 29.8 Å². The zero-order chi connectivity index (χ0) is 36.8. The second-order valence-corrected chi connectivity index (χ2v) is 11.6. The highest BCUT2D eigenvalue weighted by Gasteiger charge is 2.13. The van der Waals surface area contributed by atoms with E-state index in [1.54, 1.807) is 86.6 Å². The quantitative estimate of drug-likeness (QED) is 0.0532. The van der Waals surface area contributed by atoms with E-state index < -0.39 is 29.8 Å². The molecule has 0 N–H and O–H groups in total. The molecule has 0 radical (unpaired) electrons. The minimum absolute atomic E-state index is 0.125. The molecule has 0 aliphatic rings. The van der Waals surface area contributed by atoms with Crippen molar-refractivity contribution in [2.24, 2.45) is 0 Å². The number of hydrogen-bond donors (Lipinski definition) is 0. The number of esters is 5. The summed E-state index contributed by atoms with van der Waals surface area (Å²) in [6.45, 7) is 10.8. The van der Waals surface area contributed by atoms with E-state index in [1.807, 2.05) is 0 Å². The van der Waals surface area contributed by atoms with Crippen molar-refractivity contribution in [2.75, 3.05) is 19.8 Å². The Morgan fingerprint density at radius 2 is 0.725 bits per heavy atom. The predicted molar refractivity (Wildman–Crippen MR) is 189 cm³/mol. The van der Waals surface area contributed by atoms with Gasteiger partial charge in [0.25, 0.3) is 0 Å². The van der Waals surface area contributed by atoms with Gasteiger partial charge in [-0.15, -0.1) is 0 Å². The second kappa shape index (κ2) is 18.5. The van der Waals surface area contributed by atoms with Gasteiger partial charge < -0.3 is 23.7 Å². The molecule has 0 saturated carbocycles. The van der Waals surface area contributed by atoms with Crippen LogP contribution in [0, 0.1) is 0 Å². The molecule has 0 fully saturated rings. The molecule has 0 saturated heterocycles. The van der Waals surface area contributed by atoms with Crippen LogP contribution in [0.5, 0.6) is 11.5 Å². The van der Waals surface area contributed by atoms with E-state index in [1.165, 1.54) is 24.3 Å². The fraction of sp³-hybridized carbons (Fsp3) is 0.195. The Morgan fingerprint density at radius 3 is 1.10 bits per heavy atom. The average molecular weight is 691 g/mol. The molecular formula is C41H38O10. The first kappa shape index (κ1) is 37.5. The van der Waals surface area contributed by atoms with Gasteiger partial charge in [0.2, 0.25) is 0 Å². The lowest BCUT2D eigenvalue weighted by molar-refractivity contribution is -0.139. The predicted octanol–water partition coefficient (Wildman–Crippen LogP) is 6.85. The summed E-state index contributed by atoms with van der Waals surface area (Å²) in [6.07, 6.45) is 1.44. The van der Waals surface area contributed by atoms with E-state index >= 15 is 0 Å². The van der Waals surface area contributed by atoms with Gasteiger partial charge in [0.1, 0.15) is 11.5 Å². The lowest BCUT2D eigenvalue weighted by Crippen LogP contribution is -2.11. The van der Waals surface area contributed by atoms with Crippen LogP contribution in [0.4, 0.5) is 0 Å². The smallest absolute Gasteiger partial charge is 0.343 e. The highest BCUT2D eigenvalue weighted by Crippen LogP contribution is 2.18. The van der Waals surface area contributed by atoms with Crippen LogP contribution in [0.2, 0.25) is 0 Å². The molecule has 0 atom stereocenters. The van der Waals surface area contributed by atoms with Gasteiger partial charge in [-0.3, -0.25) is 0 Å². The van der Waals surface area contributed by atoms with Gasteiger partial charge in [-0.25, -0.2) is 24.0 Å². The summed E-state index contributed by atoms with van der Waals surface area (Å²) in [5.74, 6) is -1.84. The lowest BCUT2D eigenvalue weighted by Gasteiger charge is -2.09. The number of carbonyl (C=O) groups excluding carboxylic acids is 5. The summed E-state index contributed by atoms with van der Waals surface area (Å²) in [6, 6.07) is 26.6. The van der Waals surface area contributed by atoms with Gasteiger partial charge in [0.15, 0.2) is 0 Å². The monoisotopic (exact) mass is 690 g/mol. The van der Waals surface area contributed by atoms with Crippen molar-refractivity contribution >= 4 is 29.8 Å². The van der Waals surface area contributed by atoms with Crippen molar-refractivity contribution in [3.05, 3.63) is 155 Å². The highest BCUT2D eigenvalue weighted by molar-refractivity contribution is 5.92. The molecule has 0 aromatic heterocycles. The van der Waals surface area contributed by atoms with Crippen molar-refractivity contribution in [3.63, 3.8) is 0 Å². The van der Waals surface area contributed by atoms with Crippen molar-refractivity contribution in [1.29, 1.82) is 0 Å². The molecule has 4 rings (SSSR count). The maximum atomic E-state index is 12.6. The third-order valence-electron chi connectivity index (χ3n) is 7.38. The number of carbonyl (C=O) groups is 5. The Bertz CT molecular complexity index is 1870.